The zero-order valence-electron chi connectivity index (χ0n) is 15.7. The standard InChI is InChI=1S/C20H34O4/c1-13(7-5-12-20(4)18(22)23-14(2)24-20)15-9-10-16-17(21)8-6-11-19(15,16)3/h13-17,21H,5-12H2,1-4H3/t13-,14-,15?,16+,17?,19-,20-/m1/s1. The van der Waals surface area contributed by atoms with E-state index in [1.165, 1.54) is 19.3 Å². The fraction of sp³-hybridized carbons (Fsp3) is 0.950. The molecule has 0 aromatic rings. The maximum atomic E-state index is 11.9. The topological polar surface area (TPSA) is 55.8 Å². The van der Waals surface area contributed by atoms with Gasteiger partial charge in [-0.2, -0.15) is 0 Å². The molecule has 24 heavy (non-hydrogen) atoms. The van der Waals surface area contributed by atoms with Gasteiger partial charge in [-0.25, -0.2) is 4.79 Å². The van der Waals surface area contributed by atoms with E-state index in [-0.39, 0.29) is 12.1 Å². The largest absolute Gasteiger partial charge is 0.434 e. The smallest absolute Gasteiger partial charge is 0.340 e. The normalized spacial score (nSPS) is 46.6. The molecule has 0 radical (unpaired) electrons. The van der Waals surface area contributed by atoms with Crippen molar-refractivity contribution in [1.82, 2.24) is 0 Å². The third-order valence-electron chi connectivity index (χ3n) is 7.29. The lowest BCUT2D eigenvalue weighted by atomic mass is 9.61. The van der Waals surface area contributed by atoms with Gasteiger partial charge in [0.05, 0.1) is 6.10 Å². The quantitative estimate of drug-likeness (QED) is 0.768. The van der Waals surface area contributed by atoms with Crippen LogP contribution in [0.3, 0.4) is 0 Å². The summed E-state index contributed by atoms with van der Waals surface area (Å²) in [5, 5.41) is 10.4. The summed E-state index contributed by atoms with van der Waals surface area (Å²) >= 11 is 0. The van der Waals surface area contributed by atoms with Gasteiger partial charge in [0, 0.05) is 0 Å². The van der Waals surface area contributed by atoms with Crippen molar-refractivity contribution in [2.24, 2.45) is 23.2 Å². The molecule has 2 saturated carbocycles. The van der Waals surface area contributed by atoms with Gasteiger partial charge in [-0.05, 0) is 75.5 Å². The minimum atomic E-state index is -0.762. The minimum Gasteiger partial charge on any atom is -0.434 e. The molecule has 7 atom stereocenters. The summed E-state index contributed by atoms with van der Waals surface area (Å²) in [6.45, 7) is 8.40. The van der Waals surface area contributed by atoms with E-state index in [1.807, 2.05) is 6.92 Å². The number of aliphatic hydroxyl groups excluding tert-OH is 1. The van der Waals surface area contributed by atoms with Crippen molar-refractivity contribution in [3.05, 3.63) is 0 Å². The molecular weight excluding hydrogens is 304 g/mol. The van der Waals surface area contributed by atoms with Crippen molar-refractivity contribution < 1.29 is 19.4 Å². The number of esters is 1. The first-order chi connectivity index (χ1) is 11.3. The molecule has 0 bridgehead atoms. The summed E-state index contributed by atoms with van der Waals surface area (Å²) in [6.07, 6.45) is 8.14. The lowest BCUT2D eigenvalue weighted by molar-refractivity contribution is -0.144. The van der Waals surface area contributed by atoms with Gasteiger partial charge in [-0.3, -0.25) is 0 Å². The van der Waals surface area contributed by atoms with Gasteiger partial charge in [0.2, 0.25) is 6.29 Å². The second-order valence-electron chi connectivity index (χ2n) is 8.95. The van der Waals surface area contributed by atoms with Crippen LogP contribution in [-0.4, -0.2) is 29.1 Å². The van der Waals surface area contributed by atoms with Gasteiger partial charge in [0.15, 0.2) is 5.60 Å². The molecule has 0 spiro atoms. The minimum absolute atomic E-state index is 0.0944. The van der Waals surface area contributed by atoms with Gasteiger partial charge in [-0.1, -0.05) is 26.7 Å². The average Bonchev–Trinajstić information content (AvgIpc) is 2.96. The zero-order chi connectivity index (χ0) is 17.5. The van der Waals surface area contributed by atoms with Crippen molar-refractivity contribution in [3.8, 4) is 0 Å². The van der Waals surface area contributed by atoms with Crippen LogP contribution >= 0.6 is 0 Å². The fourth-order valence-electron chi connectivity index (χ4n) is 5.96. The summed E-state index contributed by atoms with van der Waals surface area (Å²) in [5.74, 6) is 1.60. The summed E-state index contributed by atoms with van der Waals surface area (Å²) in [7, 11) is 0. The summed E-state index contributed by atoms with van der Waals surface area (Å²) in [5.41, 5.74) is -0.458. The third-order valence-corrected chi connectivity index (χ3v) is 7.29. The van der Waals surface area contributed by atoms with Crippen LogP contribution in [0.4, 0.5) is 0 Å². The maximum absolute atomic E-state index is 11.9. The Bertz CT molecular complexity index is 478. The van der Waals surface area contributed by atoms with Crippen LogP contribution in [0.15, 0.2) is 0 Å². The molecule has 3 fully saturated rings. The summed E-state index contributed by atoms with van der Waals surface area (Å²) < 4.78 is 10.8. The Kier molecular flexibility index (Phi) is 5.00. The summed E-state index contributed by atoms with van der Waals surface area (Å²) in [4.78, 5) is 11.9. The second-order valence-corrected chi connectivity index (χ2v) is 8.95. The molecule has 1 aliphatic heterocycles. The molecule has 0 aromatic carbocycles. The SMILES string of the molecule is C[C@@H]1OC(=O)[C@@](C)(CCC[C@@H](C)C2CC[C@H]3C(O)CCC[C@]23C)O1. The molecule has 0 amide bonds. The van der Waals surface area contributed by atoms with Crippen LogP contribution in [0.2, 0.25) is 0 Å². The van der Waals surface area contributed by atoms with Crippen LogP contribution in [-0.2, 0) is 14.3 Å². The number of hydrogen-bond acceptors (Lipinski definition) is 4. The molecule has 1 N–H and O–H groups in total. The lowest BCUT2D eigenvalue weighted by Crippen LogP contribution is -2.41. The van der Waals surface area contributed by atoms with Crippen molar-refractivity contribution in [2.75, 3.05) is 0 Å². The first kappa shape index (κ1) is 18.2. The zero-order valence-corrected chi connectivity index (χ0v) is 15.7. The molecule has 1 heterocycles. The van der Waals surface area contributed by atoms with Crippen LogP contribution < -0.4 is 0 Å². The number of cyclic esters (lactones) is 1. The lowest BCUT2D eigenvalue weighted by Gasteiger charge is -2.45. The van der Waals surface area contributed by atoms with Crippen LogP contribution in [0.1, 0.15) is 79.1 Å². The van der Waals surface area contributed by atoms with Crippen molar-refractivity contribution in [3.63, 3.8) is 0 Å². The first-order valence-electron chi connectivity index (χ1n) is 9.83. The van der Waals surface area contributed by atoms with E-state index in [1.54, 1.807) is 6.92 Å². The fourth-order valence-corrected chi connectivity index (χ4v) is 5.96. The van der Waals surface area contributed by atoms with Gasteiger partial charge in [-0.15, -0.1) is 0 Å². The predicted octanol–water partition coefficient (Wildman–Crippen LogP) is 4.05. The third kappa shape index (κ3) is 3.12. The van der Waals surface area contributed by atoms with Crippen LogP contribution in [0, 0.1) is 23.2 Å². The maximum Gasteiger partial charge on any atom is 0.340 e. The Morgan fingerprint density at radius 3 is 2.71 bits per heavy atom. The van der Waals surface area contributed by atoms with E-state index >= 15 is 0 Å². The van der Waals surface area contributed by atoms with E-state index in [0.717, 1.165) is 32.1 Å². The van der Waals surface area contributed by atoms with E-state index in [9.17, 15) is 9.90 Å². The molecule has 2 unspecified atom stereocenters. The van der Waals surface area contributed by atoms with E-state index in [0.29, 0.717) is 23.2 Å². The number of aliphatic hydroxyl groups is 1. The van der Waals surface area contributed by atoms with E-state index in [4.69, 9.17) is 9.47 Å². The van der Waals surface area contributed by atoms with E-state index in [2.05, 4.69) is 13.8 Å². The highest BCUT2D eigenvalue weighted by atomic mass is 16.8. The number of rotatable bonds is 5. The Morgan fingerprint density at radius 2 is 2.04 bits per heavy atom. The molecule has 138 valence electrons. The first-order valence-corrected chi connectivity index (χ1v) is 9.83. The highest BCUT2D eigenvalue weighted by Crippen LogP contribution is 2.58. The van der Waals surface area contributed by atoms with Gasteiger partial charge >= 0.3 is 5.97 Å². The number of carbonyl (C=O) groups is 1. The van der Waals surface area contributed by atoms with Gasteiger partial charge in [0.25, 0.3) is 0 Å². The molecule has 3 aliphatic rings. The van der Waals surface area contributed by atoms with Gasteiger partial charge < -0.3 is 14.6 Å². The molecule has 4 heteroatoms. The average molecular weight is 338 g/mol. The van der Waals surface area contributed by atoms with Crippen LogP contribution in [0.5, 0.6) is 0 Å². The second kappa shape index (κ2) is 6.60. The van der Waals surface area contributed by atoms with Crippen molar-refractivity contribution >= 4 is 5.97 Å². The molecule has 1 saturated heterocycles. The predicted molar refractivity (Wildman–Crippen MR) is 92.2 cm³/mol. The van der Waals surface area contributed by atoms with Crippen molar-refractivity contribution in [1.29, 1.82) is 0 Å². The number of ether oxygens (including phenoxy) is 2. The molecule has 0 aromatic heterocycles. The Labute approximate surface area is 146 Å². The number of fused-ring (bicyclic) bond motifs is 1. The van der Waals surface area contributed by atoms with Crippen molar-refractivity contribution in [2.45, 2.75) is 97.1 Å². The molecular formula is C20H34O4. The molecule has 3 rings (SSSR count). The van der Waals surface area contributed by atoms with Crippen LogP contribution in [0.25, 0.3) is 0 Å². The van der Waals surface area contributed by atoms with E-state index < -0.39 is 11.9 Å². The van der Waals surface area contributed by atoms with Gasteiger partial charge in [0.1, 0.15) is 0 Å². The Hall–Kier alpha value is -0.610. The molecule has 4 nitrogen and oxygen atoms in total. The highest BCUT2D eigenvalue weighted by Gasteiger charge is 2.52. The monoisotopic (exact) mass is 338 g/mol. The molecule has 2 aliphatic carbocycles. The number of hydrogen-bond donors (Lipinski definition) is 1. The number of carbonyl (C=O) groups excluding carboxylic acids is 1. The Morgan fingerprint density at radius 1 is 1.29 bits per heavy atom. The Balaban J connectivity index is 1.54. The highest BCUT2D eigenvalue weighted by molar-refractivity contribution is 5.80. The summed E-state index contributed by atoms with van der Waals surface area (Å²) in [6, 6.07) is 0.